The Morgan fingerprint density at radius 2 is 1.56 bits per heavy atom. The molecule has 0 aliphatic carbocycles. The third kappa shape index (κ3) is 7.62. The molecule has 1 unspecified atom stereocenters. The molecular weight excluding hydrogens is 537 g/mol. The Balaban J connectivity index is 2.18. The normalized spacial score (nSPS) is 13.6. The van der Waals surface area contributed by atoms with Crippen molar-refractivity contribution in [2.24, 2.45) is 0 Å². The number of aliphatic hydroxyl groups is 1. The number of amides is 2. The summed E-state index contributed by atoms with van der Waals surface area (Å²) >= 11 is 11.6. The van der Waals surface area contributed by atoms with Crippen molar-refractivity contribution in [3.8, 4) is 0 Å². The molecule has 1 atom stereocenters. The number of carbonyl (C=O) groups is 2. The first-order valence-corrected chi connectivity index (χ1v) is 10.8. The minimum absolute atomic E-state index is 0.0304. The maximum Gasteiger partial charge on any atom is 0.421 e. The van der Waals surface area contributed by atoms with Gasteiger partial charge in [0.2, 0.25) is 5.91 Å². The molecule has 0 aromatic heterocycles. The van der Waals surface area contributed by atoms with Crippen LogP contribution in [0.15, 0.2) is 43.0 Å². The number of hydrogen-bond donors (Lipinski definition) is 3. The quantitative estimate of drug-likeness (QED) is 0.372. The van der Waals surface area contributed by atoms with Crippen LogP contribution in [-0.4, -0.2) is 42.4 Å². The van der Waals surface area contributed by atoms with Gasteiger partial charge in [0.05, 0.1) is 6.54 Å². The van der Waals surface area contributed by atoms with E-state index in [1.807, 2.05) is 0 Å². The SMILES string of the molecule is C=C(CC(O)(c1cc(Cl)cc(Cl)c1)C(F)(F)F)c1ccc(C(=O)NCC(=O)NCC(F)(F)F)c(C)c1. The van der Waals surface area contributed by atoms with Gasteiger partial charge in [0.1, 0.15) is 6.54 Å². The highest BCUT2D eigenvalue weighted by Gasteiger charge is 2.55. The van der Waals surface area contributed by atoms with E-state index < -0.39 is 54.8 Å². The molecule has 2 aromatic carbocycles. The number of aryl methyl sites for hydroxylation is 1. The number of carbonyl (C=O) groups excluding carboxylic acids is 2. The maximum absolute atomic E-state index is 13.9. The van der Waals surface area contributed by atoms with E-state index in [4.69, 9.17) is 23.2 Å². The Kier molecular flexibility index (Phi) is 9.09. The Labute approximate surface area is 212 Å². The van der Waals surface area contributed by atoms with Crippen LogP contribution in [0.1, 0.15) is 33.5 Å². The molecule has 2 aromatic rings. The van der Waals surface area contributed by atoms with E-state index in [0.29, 0.717) is 0 Å². The summed E-state index contributed by atoms with van der Waals surface area (Å²) in [4.78, 5) is 23.8. The highest BCUT2D eigenvalue weighted by atomic mass is 35.5. The highest BCUT2D eigenvalue weighted by Crippen LogP contribution is 2.46. The highest BCUT2D eigenvalue weighted by molar-refractivity contribution is 6.34. The monoisotopic (exact) mass is 556 g/mol. The molecule has 36 heavy (non-hydrogen) atoms. The van der Waals surface area contributed by atoms with E-state index in [-0.39, 0.29) is 32.3 Å². The lowest BCUT2D eigenvalue weighted by molar-refractivity contribution is -0.264. The number of rotatable bonds is 8. The minimum Gasteiger partial charge on any atom is -0.376 e. The Morgan fingerprint density at radius 1 is 0.972 bits per heavy atom. The molecule has 2 amide bonds. The molecule has 0 saturated heterocycles. The summed E-state index contributed by atoms with van der Waals surface area (Å²) in [5, 5.41) is 14.2. The summed E-state index contributed by atoms with van der Waals surface area (Å²) in [6, 6.07) is 6.99. The molecular formula is C23H20Cl2F6N2O3. The summed E-state index contributed by atoms with van der Waals surface area (Å²) in [6.45, 7) is 2.83. The van der Waals surface area contributed by atoms with Crippen molar-refractivity contribution in [3.05, 3.63) is 75.3 Å². The van der Waals surface area contributed by atoms with Crippen LogP contribution in [0, 0.1) is 6.92 Å². The van der Waals surface area contributed by atoms with Crippen LogP contribution in [-0.2, 0) is 10.4 Å². The third-order valence-corrected chi connectivity index (χ3v) is 5.49. The second kappa shape index (κ2) is 11.1. The first kappa shape index (κ1) is 29.5. The molecule has 0 bridgehead atoms. The van der Waals surface area contributed by atoms with Crippen LogP contribution >= 0.6 is 23.2 Å². The van der Waals surface area contributed by atoms with Gasteiger partial charge in [0.15, 0.2) is 5.60 Å². The topological polar surface area (TPSA) is 78.4 Å². The zero-order valence-electron chi connectivity index (χ0n) is 18.6. The lowest BCUT2D eigenvalue weighted by Gasteiger charge is -2.32. The average Bonchev–Trinajstić information content (AvgIpc) is 2.73. The molecule has 3 N–H and O–H groups in total. The van der Waals surface area contributed by atoms with Crippen molar-refractivity contribution in [2.45, 2.75) is 31.3 Å². The molecule has 0 aliphatic rings. The van der Waals surface area contributed by atoms with Gasteiger partial charge < -0.3 is 15.7 Å². The minimum atomic E-state index is -5.12. The largest absolute Gasteiger partial charge is 0.421 e. The standard InChI is InChI=1S/C23H20Cl2F6N2O3/c1-12-5-14(3-4-18(12)20(35)32-10-19(34)33-11-22(26,27)28)13(2)9-21(36,23(29,30)31)15-6-16(24)8-17(25)7-15/h3-8,36H,2,9-11H2,1H3,(H,32,35)(H,33,34). The second-order valence-corrected chi connectivity index (χ2v) is 8.77. The summed E-state index contributed by atoms with van der Waals surface area (Å²) in [5.41, 5.74) is -3.57. The van der Waals surface area contributed by atoms with Gasteiger partial charge in [-0.05, 0) is 53.5 Å². The van der Waals surface area contributed by atoms with Gasteiger partial charge in [-0.15, -0.1) is 0 Å². The Morgan fingerprint density at radius 3 is 2.06 bits per heavy atom. The van der Waals surface area contributed by atoms with Crippen LogP contribution < -0.4 is 10.6 Å². The van der Waals surface area contributed by atoms with E-state index in [2.05, 4.69) is 11.9 Å². The first-order chi connectivity index (χ1) is 16.4. The van der Waals surface area contributed by atoms with E-state index in [0.717, 1.165) is 12.1 Å². The molecule has 0 spiro atoms. The van der Waals surface area contributed by atoms with Crippen molar-refractivity contribution in [1.29, 1.82) is 0 Å². The molecule has 0 fully saturated rings. The number of hydrogen-bond acceptors (Lipinski definition) is 3. The number of nitrogens with one attached hydrogen (secondary N) is 2. The molecule has 0 saturated carbocycles. The van der Waals surface area contributed by atoms with Crippen molar-refractivity contribution in [3.63, 3.8) is 0 Å². The van der Waals surface area contributed by atoms with Crippen molar-refractivity contribution < 1.29 is 41.0 Å². The maximum atomic E-state index is 13.9. The van der Waals surface area contributed by atoms with Gasteiger partial charge in [-0.2, -0.15) is 26.3 Å². The zero-order chi connectivity index (χ0) is 27.5. The van der Waals surface area contributed by atoms with Crippen LogP contribution in [0.5, 0.6) is 0 Å². The fourth-order valence-electron chi connectivity index (χ4n) is 3.22. The van der Waals surface area contributed by atoms with Gasteiger partial charge in [-0.25, -0.2) is 0 Å². The lowest BCUT2D eigenvalue weighted by atomic mass is 9.84. The zero-order valence-corrected chi connectivity index (χ0v) is 20.1. The van der Waals surface area contributed by atoms with Crippen LogP contribution in [0.25, 0.3) is 5.57 Å². The second-order valence-electron chi connectivity index (χ2n) is 7.90. The third-order valence-electron chi connectivity index (χ3n) is 5.05. The molecule has 0 aliphatic heterocycles. The van der Waals surface area contributed by atoms with Crippen molar-refractivity contribution in [2.75, 3.05) is 13.1 Å². The number of halogens is 8. The van der Waals surface area contributed by atoms with Gasteiger partial charge in [-0.1, -0.05) is 41.9 Å². The Bertz CT molecular complexity index is 1150. The lowest BCUT2D eigenvalue weighted by Crippen LogP contribution is -2.42. The van der Waals surface area contributed by atoms with E-state index >= 15 is 0 Å². The summed E-state index contributed by atoms with van der Waals surface area (Å²) < 4.78 is 78.2. The van der Waals surface area contributed by atoms with Crippen molar-refractivity contribution >= 4 is 40.6 Å². The summed E-state index contributed by atoms with van der Waals surface area (Å²) in [5.74, 6) is -1.84. The number of benzene rings is 2. The Hall–Kier alpha value is -2.76. The molecule has 0 heterocycles. The fourth-order valence-corrected chi connectivity index (χ4v) is 3.75. The summed E-state index contributed by atoms with van der Waals surface area (Å²) in [7, 11) is 0. The molecule has 0 radical (unpaired) electrons. The van der Waals surface area contributed by atoms with Gasteiger partial charge in [0.25, 0.3) is 5.91 Å². The number of alkyl halides is 6. The molecule has 13 heteroatoms. The first-order valence-electron chi connectivity index (χ1n) is 10.1. The van der Waals surface area contributed by atoms with E-state index in [1.165, 1.54) is 31.2 Å². The van der Waals surface area contributed by atoms with E-state index in [9.17, 15) is 41.0 Å². The van der Waals surface area contributed by atoms with Gasteiger partial charge in [0, 0.05) is 22.0 Å². The van der Waals surface area contributed by atoms with Gasteiger partial charge >= 0.3 is 12.4 Å². The molecule has 196 valence electrons. The average molecular weight is 557 g/mol. The molecule has 5 nitrogen and oxygen atoms in total. The van der Waals surface area contributed by atoms with Crippen LogP contribution in [0.3, 0.4) is 0 Å². The predicted molar refractivity (Wildman–Crippen MR) is 123 cm³/mol. The predicted octanol–water partition coefficient (Wildman–Crippen LogP) is 5.56. The smallest absolute Gasteiger partial charge is 0.376 e. The molecule has 2 rings (SSSR count). The summed E-state index contributed by atoms with van der Waals surface area (Å²) in [6.07, 6.45) is -10.7. The van der Waals surface area contributed by atoms with E-state index in [1.54, 1.807) is 5.32 Å². The fraction of sp³-hybridized carbons (Fsp3) is 0.304. The van der Waals surface area contributed by atoms with Crippen LogP contribution in [0.4, 0.5) is 26.3 Å². The van der Waals surface area contributed by atoms with Gasteiger partial charge in [-0.3, -0.25) is 9.59 Å². The van der Waals surface area contributed by atoms with Crippen LogP contribution in [0.2, 0.25) is 10.0 Å². The van der Waals surface area contributed by atoms with Crippen molar-refractivity contribution in [1.82, 2.24) is 10.6 Å².